The fourth-order valence-corrected chi connectivity index (χ4v) is 4.86. The summed E-state index contributed by atoms with van der Waals surface area (Å²) in [5.74, 6) is 0.756. The van der Waals surface area contributed by atoms with Crippen LogP contribution in [0.3, 0.4) is 0 Å². The molecule has 2 aromatic rings. The largest absolute Gasteiger partial charge is 0.380 e. The molecule has 4 rings (SSSR count). The number of hydrogen-bond acceptors (Lipinski definition) is 6. The summed E-state index contributed by atoms with van der Waals surface area (Å²) in [6, 6.07) is 12.8. The first-order valence-corrected chi connectivity index (χ1v) is 17.7. The molecule has 0 bridgehead atoms. The third-order valence-electron chi connectivity index (χ3n) is 7.42. The smallest absolute Gasteiger partial charge is 0.133 e. The van der Waals surface area contributed by atoms with Gasteiger partial charge in [-0.3, -0.25) is 4.99 Å². The molecular formula is C43H62N6. The van der Waals surface area contributed by atoms with Crippen molar-refractivity contribution in [2.45, 2.75) is 102 Å². The Labute approximate surface area is 298 Å². The van der Waals surface area contributed by atoms with Gasteiger partial charge in [0.1, 0.15) is 5.82 Å². The molecule has 0 atom stereocenters. The number of hydrogen-bond donors (Lipinski definition) is 3. The van der Waals surface area contributed by atoms with Crippen LogP contribution in [-0.2, 0) is 19.5 Å². The SMILES string of the molecule is C=CN1C(C(=C)NCc2ccc3c(c2)N=C(C)C3)=CC(C(=C)NCc2ccc(C(=C)NC(=C)CC)cc2C)=N/C1=C/C.CC.CC.CCC. The van der Waals surface area contributed by atoms with Gasteiger partial charge in [0.05, 0.1) is 28.5 Å². The van der Waals surface area contributed by atoms with Crippen molar-refractivity contribution in [2.75, 3.05) is 0 Å². The van der Waals surface area contributed by atoms with E-state index in [1.807, 2.05) is 51.7 Å². The Balaban J connectivity index is 0.00000160. The molecule has 0 fully saturated rings. The monoisotopic (exact) mass is 663 g/mol. The van der Waals surface area contributed by atoms with E-state index in [2.05, 4.69) is 125 Å². The molecule has 6 nitrogen and oxygen atoms in total. The first kappa shape index (κ1) is 42.2. The minimum absolute atomic E-state index is 0.616. The van der Waals surface area contributed by atoms with Gasteiger partial charge in [-0.2, -0.15) is 0 Å². The van der Waals surface area contributed by atoms with E-state index in [-0.39, 0.29) is 0 Å². The third-order valence-corrected chi connectivity index (χ3v) is 7.42. The Morgan fingerprint density at radius 3 is 2.10 bits per heavy atom. The number of aryl methyl sites for hydroxylation is 1. The number of aliphatic imine (C=N–C) groups is 2. The molecule has 0 unspecified atom stereocenters. The second kappa shape index (κ2) is 21.9. The van der Waals surface area contributed by atoms with Gasteiger partial charge in [-0.05, 0) is 79.3 Å². The van der Waals surface area contributed by atoms with E-state index in [1.165, 1.54) is 17.5 Å². The molecule has 0 amide bonds. The second-order valence-electron chi connectivity index (χ2n) is 11.3. The predicted molar refractivity (Wildman–Crippen MR) is 218 cm³/mol. The van der Waals surface area contributed by atoms with Crippen LogP contribution in [0.2, 0.25) is 0 Å². The summed E-state index contributed by atoms with van der Waals surface area (Å²) in [6.45, 7) is 42.5. The van der Waals surface area contributed by atoms with Crippen molar-refractivity contribution in [3.8, 4) is 0 Å². The first-order chi connectivity index (χ1) is 23.5. The summed E-state index contributed by atoms with van der Waals surface area (Å²) in [7, 11) is 0. The zero-order valence-corrected chi connectivity index (χ0v) is 32.1. The van der Waals surface area contributed by atoms with Gasteiger partial charge in [0.15, 0.2) is 0 Å². The normalized spacial score (nSPS) is 13.3. The number of allylic oxidation sites excluding steroid dienone is 3. The number of fused-ring (bicyclic) bond motifs is 1. The van der Waals surface area contributed by atoms with Crippen molar-refractivity contribution >= 4 is 22.8 Å². The number of rotatable bonds is 13. The van der Waals surface area contributed by atoms with E-state index < -0.39 is 0 Å². The first-order valence-electron chi connectivity index (χ1n) is 17.7. The van der Waals surface area contributed by atoms with Crippen LogP contribution in [0.5, 0.6) is 0 Å². The summed E-state index contributed by atoms with van der Waals surface area (Å²) in [5, 5.41) is 10.2. The molecule has 264 valence electrons. The van der Waals surface area contributed by atoms with Crippen molar-refractivity contribution in [2.24, 2.45) is 9.98 Å². The van der Waals surface area contributed by atoms with Crippen LogP contribution in [-0.4, -0.2) is 16.3 Å². The average Bonchev–Trinajstić information content (AvgIpc) is 3.50. The Hall–Kier alpha value is -4.84. The van der Waals surface area contributed by atoms with E-state index in [0.717, 1.165) is 80.9 Å². The van der Waals surface area contributed by atoms with Crippen LogP contribution >= 0.6 is 0 Å². The Kier molecular flexibility index (Phi) is 18.9. The average molecular weight is 663 g/mol. The molecule has 0 saturated carbocycles. The highest BCUT2D eigenvalue weighted by atomic mass is 15.2. The van der Waals surface area contributed by atoms with Gasteiger partial charge in [-0.15, -0.1) is 0 Å². The van der Waals surface area contributed by atoms with E-state index in [9.17, 15) is 0 Å². The van der Waals surface area contributed by atoms with Gasteiger partial charge in [-0.25, -0.2) is 4.99 Å². The maximum Gasteiger partial charge on any atom is 0.133 e. The Morgan fingerprint density at radius 2 is 1.51 bits per heavy atom. The van der Waals surface area contributed by atoms with Crippen LogP contribution in [0, 0.1) is 6.92 Å². The van der Waals surface area contributed by atoms with Crippen LogP contribution < -0.4 is 16.0 Å². The highest BCUT2D eigenvalue weighted by molar-refractivity contribution is 6.09. The van der Waals surface area contributed by atoms with Crippen molar-refractivity contribution in [3.05, 3.63) is 144 Å². The van der Waals surface area contributed by atoms with Crippen molar-refractivity contribution in [1.29, 1.82) is 0 Å². The highest BCUT2D eigenvalue weighted by Crippen LogP contribution is 2.29. The number of nitrogens with zero attached hydrogens (tertiary/aromatic N) is 3. The fraction of sp³-hybridized carbons (Fsp3) is 0.349. The van der Waals surface area contributed by atoms with Gasteiger partial charge in [0.2, 0.25) is 0 Å². The van der Waals surface area contributed by atoms with Crippen molar-refractivity contribution in [3.63, 3.8) is 0 Å². The lowest BCUT2D eigenvalue weighted by Crippen LogP contribution is -2.29. The molecule has 49 heavy (non-hydrogen) atoms. The maximum atomic E-state index is 4.84. The van der Waals surface area contributed by atoms with E-state index in [4.69, 9.17) is 4.99 Å². The Bertz CT molecular complexity index is 1600. The molecule has 2 heterocycles. The topological polar surface area (TPSA) is 64.0 Å². The minimum atomic E-state index is 0.616. The molecule has 2 aromatic carbocycles. The number of benzene rings is 2. The summed E-state index contributed by atoms with van der Waals surface area (Å²) in [5.41, 5.74) is 12.9. The second-order valence-corrected chi connectivity index (χ2v) is 11.3. The molecule has 0 aliphatic carbocycles. The van der Waals surface area contributed by atoms with Crippen molar-refractivity contribution < 1.29 is 0 Å². The van der Waals surface area contributed by atoms with Gasteiger partial charge in [0.25, 0.3) is 0 Å². The summed E-state index contributed by atoms with van der Waals surface area (Å²) < 4.78 is 0. The molecule has 6 heteroatoms. The van der Waals surface area contributed by atoms with Crippen LogP contribution in [0.4, 0.5) is 5.69 Å². The molecule has 2 aliphatic heterocycles. The molecular weight excluding hydrogens is 601 g/mol. The molecule has 2 aliphatic rings. The zero-order chi connectivity index (χ0) is 37.1. The summed E-state index contributed by atoms with van der Waals surface area (Å²) >= 11 is 0. The van der Waals surface area contributed by atoms with Gasteiger partial charge in [0, 0.05) is 42.8 Å². The lowest BCUT2D eigenvalue weighted by atomic mass is 10.0. The van der Waals surface area contributed by atoms with Gasteiger partial charge in [-0.1, -0.05) is 112 Å². The van der Waals surface area contributed by atoms with Crippen LogP contribution in [0.1, 0.15) is 103 Å². The summed E-state index contributed by atoms with van der Waals surface area (Å²) in [6.07, 6.45) is 8.72. The summed E-state index contributed by atoms with van der Waals surface area (Å²) in [4.78, 5) is 11.4. The van der Waals surface area contributed by atoms with Gasteiger partial charge < -0.3 is 20.9 Å². The van der Waals surface area contributed by atoms with Gasteiger partial charge >= 0.3 is 0 Å². The molecule has 0 aromatic heterocycles. The maximum absolute atomic E-state index is 4.84. The fourth-order valence-electron chi connectivity index (χ4n) is 4.86. The third kappa shape index (κ3) is 12.3. The number of nitrogens with one attached hydrogen (secondary N) is 3. The van der Waals surface area contributed by atoms with E-state index in [1.54, 1.807) is 6.20 Å². The Morgan fingerprint density at radius 1 is 0.857 bits per heavy atom. The van der Waals surface area contributed by atoms with Crippen molar-refractivity contribution in [1.82, 2.24) is 20.9 Å². The predicted octanol–water partition coefficient (Wildman–Crippen LogP) is 11.1. The van der Waals surface area contributed by atoms with Crippen LogP contribution in [0.25, 0.3) is 5.70 Å². The van der Waals surface area contributed by atoms with E-state index >= 15 is 0 Å². The quantitative estimate of drug-likeness (QED) is 0.200. The highest BCUT2D eigenvalue weighted by Gasteiger charge is 2.21. The molecule has 0 saturated heterocycles. The van der Waals surface area contributed by atoms with Crippen LogP contribution in [0.15, 0.2) is 126 Å². The molecule has 0 spiro atoms. The molecule has 3 N–H and O–H groups in total. The molecule has 0 radical (unpaired) electrons. The lowest BCUT2D eigenvalue weighted by Gasteiger charge is -2.30. The van der Waals surface area contributed by atoms with E-state index in [0.29, 0.717) is 13.1 Å². The minimum Gasteiger partial charge on any atom is -0.380 e. The lowest BCUT2D eigenvalue weighted by molar-refractivity contribution is 0.556. The standard InChI is InChI=1S/C36H42N6.C3H8.2C2H6/c1-10-24(5)39-26(7)30-15-16-32(23(4)17-30)22-38-27(8)33-20-35(42(12-3)36(11-2)41-33)28(9)37-21-29-13-14-31-18-25(6)40-34(31)19-29;1-3-2;2*1-2/h11-17,19-20,37-39H,3,5,7-10,18,21-22H2,1-2,4,6H3;3H2,1-2H3;2*1-2H3/b36-11-;;;. The zero-order valence-electron chi connectivity index (χ0n) is 32.1.